The topological polar surface area (TPSA) is 56.7 Å². The molecule has 6 heteroatoms. The molecule has 0 spiro atoms. The summed E-state index contributed by atoms with van der Waals surface area (Å²) in [7, 11) is 1.70. The maximum atomic E-state index is 5.96. The van der Waals surface area contributed by atoms with Gasteiger partial charge in [-0.2, -0.15) is 4.98 Å². The monoisotopic (exact) mass is 455 g/mol. The molecule has 1 aromatic carbocycles. The van der Waals surface area contributed by atoms with E-state index in [0.29, 0.717) is 18.3 Å². The van der Waals surface area contributed by atoms with Gasteiger partial charge in [0.25, 0.3) is 0 Å². The minimum Gasteiger partial charge on any atom is -0.479 e. The highest BCUT2D eigenvalue weighted by atomic mass is 16.7. The molecule has 0 radical (unpaired) electrons. The number of methoxy groups -OCH3 is 1. The Morgan fingerprint density at radius 1 is 1.03 bits per heavy atom. The van der Waals surface area contributed by atoms with E-state index in [9.17, 15) is 0 Å². The summed E-state index contributed by atoms with van der Waals surface area (Å²) in [5.41, 5.74) is 5.03. The summed E-state index contributed by atoms with van der Waals surface area (Å²) < 4.78 is 17.2. The molecule has 0 atom stereocenters. The Balaban J connectivity index is 1.91. The summed E-state index contributed by atoms with van der Waals surface area (Å²) in [6.45, 7) is 13.1. The van der Waals surface area contributed by atoms with Gasteiger partial charge in [0.05, 0.1) is 18.4 Å². The molecule has 0 unspecified atom stereocenters. The molecule has 1 aliphatic carbocycles. The quantitative estimate of drug-likeness (QED) is 0.248. The van der Waals surface area contributed by atoms with Gasteiger partial charge in [-0.3, -0.25) is 0 Å². The third kappa shape index (κ3) is 6.83. The lowest BCUT2D eigenvalue weighted by molar-refractivity contribution is 0.0227. The van der Waals surface area contributed by atoms with Crippen molar-refractivity contribution in [1.29, 1.82) is 0 Å². The molecule has 2 aromatic rings. The van der Waals surface area contributed by atoms with E-state index in [1.807, 2.05) is 13.0 Å². The highest BCUT2D eigenvalue weighted by molar-refractivity contribution is 5.72. The molecular weight excluding hydrogens is 414 g/mol. The predicted octanol–water partition coefficient (Wildman–Crippen LogP) is 6.25. The van der Waals surface area contributed by atoms with Gasteiger partial charge in [0.1, 0.15) is 11.4 Å². The molecule has 0 bridgehead atoms. The molecule has 1 aliphatic rings. The Labute approximate surface area is 199 Å². The van der Waals surface area contributed by atoms with Crippen LogP contribution in [0.1, 0.15) is 69.2 Å². The van der Waals surface area contributed by atoms with Gasteiger partial charge in [0.2, 0.25) is 5.88 Å². The summed E-state index contributed by atoms with van der Waals surface area (Å²) in [4.78, 5) is 12.2. The maximum Gasteiger partial charge on any atom is 0.241 e. The Kier molecular flexibility index (Phi) is 9.36. The zero-order valence-electron chi connectivity index (χ0n) is 21.4. The lowest BCUT2D eigenvalue weighted by atomic mass is 10.0. The van der Waals surface area contributed by atoms with Gasteiger partial charge in [0, 0.05) is 19.7 Å². The number of benzene rings is 1. The van der Waals surface area contributed by atoms with Crippen molar-refractivity contribution in [2.45, 2.75) is 73.1 Å². The van der Waals surface area contributed by atoms with Crippen molar-refractivity contribution >= 4 is 5.69 Å². The van der Waals surface area contributed by atoms with Gasteiger partial charge in [-0.05, 0) is 63.6 Å². The molecule has 182 valence electrons. The van der Waals surface area contributed by atoms with Crippen molar-refractivity contribution in [3.05, 3.63) is 29.0 Å². The Bertz CT molecular complexity index is 912. The molecule has 33 heavy (non-hydrogen) atoms. The normalized spacial score (nSPS) is 13.3. The van der Waals surface area contributed by atoms with Crippen LogP contribution in [0, 0.1) is 26.7 Å². The van der Waals surface area contributed by atoms with Gasteiger partial charge in [0.15, 0.2) is 12.6 Å². The minimum atomic E-state index is 0.200. The van der Waals surface area contributed by atoms with E-state index in [0.717, 1.165) is 59.2 Å². The number of rotatable bonds is 14. The molecule has 1 saturated carbocycles. The largest absolute Gasteiger partial charge is 0.479 e. The first kappa shape index (κ1) is 25.3. The lowest BCUT2D eigenvalue weighted by Crippen LogP contribution is -2.27. The second-order valence-electron chi connectivity index (χ2n) is 9.13. The van der Waals surface area contributed by atoms with E-state index >= 15 is 0 Å². The summed E-state index contributed by atoms with van der Waals surface area (Å²) in [6, 6.07) is 4.15. The average Bonchev–Trinajstić information content (AvgIpc) is 3.60. The van der Waals surface area contributed by atoms with E-state index in [-0.39, 0.29) is 6.79 Å². The molecule has 1 fully saturated rings. The van der Waals surface area contributed by atoms with Crippen molar-refractivity contribution in [2.24, 2.45) is 5.92 Å². The van der Waals surface area contributed by atoms with Gasteiger partial charge in [-0.15, -0.1) is 0 Å². The van der Waals surface area contributed by atoms with Crippen LogP contribution in [0.4, 0.5) is 5.69 Å². The van der Waals surface area contributed by atoms with Crippen molar-refractivity contribution in [1.82, 2.24) is 9.97 Å². The zero-order valence-corrected chi connectivity index (χ0v) is 21.4. The first-order chi connectivity index (χ1) is 16.0. The number of aryl methyl sites for hydroxylation is 3. The van der Waals surface area contributed by atoms with Gasteiger partial charge in [-0.25, -0.2) is 4.98 Å². The number of anilines is 1. The molecule has 6 nitrogen and oxygen atoms in total. The van der Waals surface area contributed by atoms with Gasteiger partial charge in [-0.1, -0.05) is 38.7 Å². The van der Waals surface area contributed by atoms with E-state index < -0.39 is 0 Å². The number of hydrogen-bond acceptors (Lipinski definition) is 6. The standard InChI is InChI=1S/C27H41N3O3/c1-7-14-30(15-10-9-11-22-12-13-22)25-21(5)28-26(29-27(25)31-6)24-20(4)16-19(3)17-23(24)33-18-32-8-2/h16-17,22H,7-15,18H2,1-6H3. The number of nitrogens with zero attached hydrogens (tertiary/aromatic N) is 3. The third-order valence-electron chi connectivity index (χ3n) is 6.19. The number of ether oxygens (including phenoxy) is 3. The third-order valence-corrected chi connectivity index (χ3v) is 6.19. The van der Waals surface area contributed by atoms with E-state index in [2.05, 4.69) is 38.7 Å². The Morgan fingerprint density at radius 3 is 2.48 bits per heavy atom. The van der Waals surface area contributed by atoms with Crippen LogP contribution in [-0.2, 0) is 4.74 Å². The number of hydrogen-bond donors (Lipinski definition) is 0. The highest BCUT2D eigenvalue weighted by Crippen LogP contribution is 2.38. The molecule has 1 aromatic heterocycles. The second kappa shape index (κ2) is 12.2. The minimum absolute atomic E-state index is 0.200. The fraction of sp³-hybridized carbons (Fsp3) is 0.630. The van der Waals surface area contributed by atoms with Crippen molar-refractivity contribution in [2.75, 3.05) is 38.5 Å². The summed E-state index contributed by atoms with van der Waals surface area (Å²) in [5.74, 6) is 2.98. The summed E-state index contributed by atoms with van der Waals surface area (Å²) in [5, 5.41) is 0. The van der Waals surface area contributed by atoms with Crippen LogP contribution >= 0.6 is 0 Å². The van der Waals surface area contributed by atoms with Crippen molar-refractivity contribution in [3.63, 3.8) is 0 Å². The van der Waals surface area contributed by atoms with Crippen LogP contribution in [0.2, 0.25) is 0 Å². The van der Waals surface area contributed by atoms with Crippen LogP contribution in [0.25, 0.3) is 11.4 Å². The molecule has 0 saturated heterocycles. The van der Waals surface area contributed by atoms with Crippen LogP contribution in [0.3, 0.4) is 0 Å². The Hall–Kier alpha value is -2.34. The second-order valence-corrected chi connectivity index (χ2v) is 9.13. The van der Waals surface area contributed by atoms with E-state index in [4.69, 9.17) is 24.2 Å². The summed E-state index contributed by atoms with van der Waals surface area (Å²) >= 11 is 0. The van der Waals surface area contributed by atoms with Crippen LogP contribution in [0.5, 0.6) is 11.6 Å². The van der Waals surface area contributed by atoms with E-state index in [1.165, 1.54) is 32.1 Å². The molecule has 0 amide bonds. The zero-order chi connectivity index (χ0) is 23.8. The molecule has 0 N–H and O–H groups in total. The molecule has 0 aliphatic heterocycles. The molecule has 1 heterocycles. The van der Waals surface area contributed by atoms with Gasteiger partial charge < -0.3 is 19.1 Å². The van der Waals surface area contributed by atoms with Crippen molar-refractivity contribution in [3.8, 4) is 23.0 Å². The number of unbranched alkanes of at least 4 members (excludes halogenated alkanes) is 1. The molecular formula is C27H41N3O3. The Morgan fingerprint density at radius 2 is 1.82 bits per heavy atom. The first-order valence-electron chi connectivity index (χ1n) is 12.5. The highest BCUT2D eigenvalue weighted by Gasteiger charge is 2.23. The summed E-state index contributed by atoms with van der Waals surface area (Å²) in [6.07, 6.45) is 7.76. The average molecular weight is 456 g/mol. The van der Waals surface area contributed by atoms with E-state index in [1.54, 1.807) is 7.11 Å². The first-order valence-corrected chi connectivity index (χ1v) is 12.5. The van der Waals surface area contributed by atoms with Gasteiger partial charge >= 0.3 is 0 Å². The fourth-order valence-electron chi connectivity index (χ4n) is 4.42. The predicted molar refractivity (Wildman–Crippen MR) is 134 cm³/mol. The lowest BCUT2D eigenvalue weighted by Gasteiger charge is -2.27. The molecule has 3 rings (SSSR count). The van der Waals surface area contributed by atoms with Crippen LogP contribution < -0.4 is 14.4 Å². The van der Waals surface area contributed by atoms with Crippen molar-refractivity contribution < 1.29 is 14.2 Å². The maximum absolute atomic E-state index is 5.96. The van der Waals surface area contributed by atoms with Crippen LogP contribution in [-0.4, -0.2) is 43.6 Å². The van der Waals surface area contributed by atoms with Crippen LogP contribution in [0.15, 0.2) is 12.1 Å². The fourth-order valence-corrected chi connectivity index (χ4v) is 4.42. The number of aromatic nitrogens is 2. The smallest absolute Gasteiger partial charge is 0.241 e. The SMILES string of the molecule is CCCN(CCCCC1CC1)c1c(C)nc(-c2c(C)cc(C)cc2OCOCC)nc1OC.